The van der Waals surface area contributed by atoms with Gasteiger partial charge in [0, 0.05) is 31.3 Å². The van der Waals surface area contributed by atoms with Gasteiger partial charge in [-0.15, -0.1) is 5.10 Å². The number of aryl methyl sites for hydroxylation is 3. The highest BCUT2D eigenvalue weighted by molar-refractivity contribution is 5.86. The molecule has 8 nitrogen and oxygen atoms in total. The van der Waals surface area contributed by atoms with Gasteiger partial charge in [-0.25, -0.2) is 9.67 Å². The van der Waals surface area contributed by atoms with Gasteiger partial charge in [0.2, 0.25) is 11.8 Å². The summed E-state index contributed by atoms with van der Waals surface area (Å²) in [5, 5.41) is 8.54. The minimum Gasteiger partial charge on any atom is -0.496 e. The van der Waals surface area contributed by atoms with Gasteiger partial charge in [-0.3, -0.25) is 9.69 Å². The number of carbonyl (C=O) groups excluding carboxylic acids is 1. The first-order valence-corrected chi connectivity index (χ1v) is 12.4. The number of piperidine rings is 1. The van der Waals surface area contributed by atoms with Gasteiger partial charge in [-0.2, -0.15) is 0 Å². The Morgan fingerprint density at radius 3 is 2.57 bits per heavy atom. The smallest absolute Gasteiger partial charge is 0.242 e. The molecular weight excluding hydrogens is 442 g/mol. The molecule has 0 aliphatic carbocycles. The molecule has 2 aromatic heterocycles. The molecule has 8 heteroatoms. The maximum atomic E-state index is 13.0. The normalized spacial score (nSPS) is 15.2. The lowest BCUT2D eigenvalue weighted by molar-refractivity contribution is -0.121. The van der Waals surface area contributed by atoms with Gasteiger partial charge in [0.15, 0.2) is 5.65 Å². The van der Waals surface area contributed by atoms with Gasteiger partial charge < -0.3 is 14.8 Å². The zero-order chi connectivity index (χ0) is 24.9. The van der Waals surface area contributed by atoms with Crippen LogP contribution in [0.3, 0.4) is 0 Å². The minimum atomic E-state index is 0.0407. The Kier molecular flexibility index (Phi) is 7.90. The Hall–Kier alpha value is -3.13. The highest BCUT2D eigenvalue weighted by Crippen LogP contribution is 2.32. The Bertz CT molecular complexity index is 1180. The third kappa shape index (κ3) is 5.27. The van der Waals surface area contributed by atoms with E-state index in [0.29, 0.717) is 25.3 Å². The van der Waals surface area contributed by atoms with E-state index >= 15 is 0 Å². The Morgan fingerprint density at radius 2 is 1.86 bits per heavy atom. The van der Waals surface area contributed by atoms with Gasteiger partial charge in [-0.05, 0) is 63.4 Å². The van der Waals surface area contributed by atoms with Crippen LogP contribution in [0.4, 0.5) is 0 Å². The van der Waals surface area contributed by atoms with E-state index in [9.17, 15) is 4.79 Å². The summed E-state index contributed by atoms with van der Waals surface area (Å²) < 4.78 is 12.9. The standard InChI is InChI=1S/C27H37N5O3/c1-18-20(19(2)29-26-25(18)27(35-5)30-31(26)3)13-14-24(33)28-17-22(32-15-9-6-10-16-32)21-11-7-8-12-23(21)34-4/h7-8,11-12,22H,6,9-10,13-17H2,1-5H3,(H,28,33). The summed E-state index contributed by atoms with van der Waals surface area (Å²) in [6.07, 6.45) is 4.65. The Balaban J connectivity index is 1.47. The van der Waals surface area contributed by atoms with Crippen LogP contribution in [-0.2, 0) is 18.3 Å². The van der Waals surface area contributed by atoms with Crippen molar-refractivity contribution in [3.63, 3.8) is 0 Å². The molecule has 3 heterocycles. The summed E-state index contributed by atoms with van der Waals surface area (Å²) in [6, 6.07) is 8.23. The van der Waals surface area contributed by atoms with Crippen LogP contribution in [-0.4, -0.2) is 59.4 Å². The molecule has 0 saturated carbocycles. The van der Waals surface area contributed by atoms with Crippen molar-refractivity contribution >= 4 is 16.9 Å². The average Bonchev–Trinajstić information content (AvgIpc) is 3.20. The van der Waals surface area contributed by atoms with Crippen LogP contribution in [0.25, 0.3) is 11.0 Å². The van der Waals surface area contributed by atoms with Crippen LogP contribution in [0.5, 0.6) is 11.6 Å². The number of aromatic nitrogens is 3. The quantitative estimate of drug-likeness (QED) is 0.502. The number of hydrogen-bond donors (Lipinski definition) is 1. The van der Waals surface area contributed by atoms with Crippen molar-refractivity contribution < 1.29 is 14.3 Å². The van der Waals surface area contributed by atoms with Crippen molar-refractivity contribution in [3.8, 4) is 11.6 Å². The van der Waals surface area contributed by atoms with E-state index in [1.165, 1.54) is 19.3 Å². The summed E-state index contributed by atoms with van der Waals surface area (Å²) in [7, 11) is 5.19. The highest BCUT2D eigenvalue weighted by atomic mass is 16.5. The maximum Gasteiger partial charge on any atom is 0.242 e. The highest BCUT2D eigenvalue weighted by Gasteiger charge is 2.25. The lowest BCUT2D eigenvalue weighted by Crippen LogP contribution is -2.40. The number of amides is 1. The van der Waals surface area contributed by atoms with Crippen LogP contribution in [0, 0.1) is 13.8 Å². The number of rotatable bonds is 9. The van der Waals surface area contributed by atoms with Gasteiger partial charge in [0.25, 0.3) is 0 Å². The monoisotopic (exact) mass is 479 g/mol. The topological polar surface area (TPSA) is 81.5 Å². The lowest BCUT2D eigenvalue weighted by Gasteiger charge is -2.35. The van der Waals surface area contributed by atoms with E-state index < -0.39 is 0 Å². The van der Waals surface area contributed by atoms with Crippen LogP contribution >= 0.6 is 0 Å². The zero-order valence-corrected chi connectivity index (χ0v) is 21.6. The number of likely N-dealkylation sites (tertiary alicyclic amines) is 1. The van der Waals surface area contributed by atoms with E-state index in [0.717, 1.165) is 52.3 Å². The maximum absolute atomic E-state index is 13.0. The predicted octanol–water partition coefficient (Wildman–Crippen LogP) is 3.88. The molecule has 188 valence electrons. The summed E-state index contributed by atoms with van der Waals surface area (Å²) in [5.41, 5.74) is 5.00. The number of para-hydroxylation sites is 1. The fraction of sp³-hybridized carbons (Fsp3) is 0.519. The molecule has 3 aromatic rings. The Labute approximate surface area is 207 Å². The van der Waals surface area contributed by atoms with E-state index in [1.807, 2.05) is 32.2 Å². The molecule has 0 bridgehead atoms. The average molecular weight is 480 g/mol. The molecule has 1 aromatic carbocycles. The largest absolute Gasteiger partial charge is 0.496 e. The molecule has 1 unspecified atom stereocenters. The molecule has 0 spiro atoms. The number of benzene rings is 1. The van der Waals surface area contributed by atoms with Crippen molar-refractivity contribution in [2.24, 2.45) is 7.05 Å². The number of hydrogen-bond acceptors (Lipinski definition) is 6. The third-order valence-corrected chi connectivity index (χ3v) is 7.14. The molecule has 1 fully saturated rings. The first kappa shape index (κ1) is 25.0. The van der Waals surface area contributed by atoms with Crippen molar-refractivity contribution in [2.75, 3.05) is 33.9 Å². The second-order valence-electron chi connectivity index (χ2n) is 9.29. The van der Waals surface area contributed by atoms with E-state index in [2.05, 4.69) is 28.3 Å². The first-order chi connectivity index (χ1) is 16.9. The SMILES string of the molecule is COc1ccccc1C(CNC(=O)CCc1c(C)nc2c(c(OC)nn2C)c1C)N1CCCCC1. The zero-order valence-electron chi connectivity index (χ0n) is 21.6. The molecule has 4 rings (SSSR count). The predicted molar refractivity (Wildman–Crippen MR) is 137 cm³/mol. The number of methoxy groups -OCH3 is 2. The number of nitrogens with zero attached hydrogens (tertiary/aromatic N) is 4. The molecule has 0 radical (unpaired) electrons. The lowest BCUT2D eigenvalue weighted by atomic mass is 9.99. The molecule has 1 aliphatic heterocycles. The number of ether oxygens (including phenoxy) is 2. The molecule has 1 N–H and O–H groups in total. The number of carbonyl (C=O) groups is 1. The summed E-state index contributed by atoms with van der Waals surface area (Å²) >= 11 is 0. The van der Waals surface area contributed by atoms with E-state index in [1.54, 1.807) is 18.9 Å². The second-order valence-corrected chi connectivity index (χ2v) is 9.29. The van der Waals surface area contributed by atoms with E-state index in [-0.39, 0.29) is 11.9 Å². The van der Waals surface area contributed by atoms with Gasteiger partial charge in [0.05, 0.1) is 25.6 Å². The third-order valence-electron chi connectivity index (χ3n) is 7.14. The number of pyridine rings is 1. The molecule has 1 amide bonds. The fourth-order valence-corrected chi connectivity index (χ4v) is 5.25. The van der Waals surface area contributed by atoms with Crippen LogP contribution in [0.15, 0.2) is 24.3 Å². The van der Waals surface area contributed by atoms with Crippen molar-refractivity contribution in [1.29, 1.82) is 0 Å². The number of fused-ring (bicyclic) bond motifs is 1. The first-order valence-electron chi connectivity index (χ1n) is 12.4. The van der Waals surface area contributed by atoms with Crippen molar-refractivity contribution in [1.82, 2.24) is 25.0 Å². The Morgan fingerprint density at radius 1 is 1.11 bits per heavy atom. The molecule has 1 saturated heterocycles. The summed E-state index contributed by atoms with van der Waals surface area (Å²) in [6.45, 7) is 6.69. The van der Waals surface area contributed by atoms with Crippen LogP contribution < -0.4 is 14.8 Å². The second kappa shape index (κ2) is 11.1. The molecular formula is C27H37N5O3. The van der Waals surface area contributed by atoms with Gasteiger partial charge >= 0.3 is 0 Å². The summed E-state index contributed by atoms with van der Waals surface area (Å²) in [5.74, 6) is 1.48. The van der Waals surface area contributed by atoms with Crippen molar-refractivity contribution in [3.05, 3.63) is 46.6 Å². The number of nitrogens with one attached hydrogen (secondary N) is 1. The van der Waals surface area contributed by atoms with Crippen LogP contribution in [0.1, 0.15) is 54.1 Å². The van der Waals surface area contributed by atoms with Crippen molar-refractivity contribution in [2.45, 2.75) is 52.0 Å². The molecule has 35 heavy (non-hydrogen) atoms. The molecule has 1 atom stereocenters. The summed E-state index contributed by atoms with van der Waals surface area (Å²) in [4.78, 5) is 20.2. The minimum absolute atomic E-state index is 0.0407. The fourth-order valence-electron chi connectivity index (χ4n) is 5.25. The molecule has 1 aliphatic rings. The van der Waals surface area contributed by atoms with E-state index in [4.69, 9.17) is 14.5 Å². The van der Waals surface area contributed by atoms with Crippen LogP contribution in [0.2, 0.25) is 0 Å². The van der Waals surface area contributed by atoms with Gasteiger partial charge in [0.1, 0.15) is 5.75 Å². The van der Waals surface area contributed by atoms with Gasteiger partial charge in [-0.1, -0.05) is 24.6 Å².